The summed E-state index contributed by atoms with van der Waals surface area (Å²) in [6, 6.07) is -2.49. The van der Waals surface area contributed by atoms with Crippen molar-refractivity contribution in [3.8, 4) is 0 Å². The normalized spacial score (nSPS) is 21.7. The number of alkyl halides is 1. The van der Waals surface area contributed by atoms with E-state index >= 15 is 0 Å². The summed E-state index contributed by atoms with van der Waals surface area (Å²) in [5.74, 6) is -2.28. The highest BCUT2D eigenvalue weighted by Gasteiger charge is 2.48. The third-order valence-corrected chi connectivity index (χ3v) is 5.66. The van der Waals surface area contributed by atoms with Crippen LogP contribution in [0.1, 0.15) is 39.5 Å². The van der Waals surface area contributed by atoms with Gasteiger partial charge in [0.25, 0.3) is 0 Å². The molecule has 2 bridgehead atoms. The van der Waals surface area contributed by atoms with E-state index in [9.17, 15) is 27.2 Å². The number of unbranched alkanes of at least 4 members (excludes halogenated alkanes) is 3. The van der Waals surface area contributed by atoms with Crippen molar-refractivity contribution in [3.63, 3.8) is 0 Å². The topological polar surface area (TPSA) is 148 Å². The summed E-state index contributed by atoms with van der Waals surface area (Å²) in [4.78, 5) is 43.0. The number of amides is 3. The Labute approximate surface area is 180 Å². The molecule has 11 nitrogen and oxygen atoms in total. The van der Waals surface area contributed by atoms with E-state index in [1.165, 1.54) is 0 Å². The molecule has 0 aromatic carbocycles. The second-order valence-electron chi connectivity index (χ2n) is 7.45. The van der Waals surface area contributed by atoms with Crippen molar-refractivity contribution in [2.24, 2.45) is 5.14 Å². The minimum atomic E-state index is -3.75. The van der Waals surface area contributed by atoms with E-state index in [2.05, 4.69) is 5.32 Å². The Balaban J connectivity index is 1.92. The molecular formula is C18H29FN4O7S. The molecule has 2 aliphatic rings. The molecule has 0 radical (unpaired) electrons. The average molecular weight is 465 g/mol. The molecule has 3 N–H and O–H groups in total. The van der Waals surface area contributed by atoms with Gasteiger partial charge in [-0.25, -0.2) is 32.4 Å². The number of nitrogens with two attached hydrogens (primary N) is 1. The van der Waals surface area contributed by atoms with Gasteiger partial charge in [0.15, 0.2) is 0 Å². The van der Waals surface area contributed by atoms with Crippen molar-refractivity contribution in [3.05, 3.63) is 11.6 Å². The third-order valence-electron chi connectivity index (χ3n) is 4.89. The SMILES string of the molecule is CCCCCCOC(=O)[C@H](F)ON1C(=O)N2C[C@H]1C=C(C)[C@H]2C(=O)NCCS(N)(=O)=O. The monoisotopic (exact) mass is 464 g/mol. The van der Waals surface area contributed by atoms with Crippen molar-refractivity contribution in [2.75, 3.05) is 25.4 Å². The molecule has 31 heavy (non-hydrogen) atoms. The van der Waals surface area contributed by atoms with Gasteiger partial charge in [-0.3, -0.25) is 4.79 Å². The summed E-state index contributed by atoms with van der Waals surface area (Å²) in [5, 5.41) is 8.03. The smallest absolute Gasteiger partial charge is 0.371 e. The fourth-order valence-corrected chi connectivity index (χ4v) is 3.78. The van der Waals surface area contributed by atoms with Crippen LogP contribution in [0.15, 0.2) is 11.6 Å². The van der Waals surface area contributed by atoms with Crippen LogP contribution in [-0.4, -0.2) is 80.2 Å². The highest BCUT2D eigenvalue weighted by Crippen LogP contribution is 2.30. The first-order valence-electron chi connectivity index (χ1n) is 10.1. The van der Waals surface area contributed by atoms with Crippen LogP contribution in [0.2, 0.25) is 0 Å². The Morgan fingerprint density at radius 1 is 1.35 bits per heavy atom. The van der Waals surface area contributed by atoms with Crippen molar-refractivity contribution in [1.82, 2.24) is 15.3 Å². The van der Waals surface area contributed by atoms with Crippen molar-refractivity contribution >= 4 is 27.9 Å². The summed E-state index contributed by atoms with van der Waals surface area (Å²) in [6.45, 7) is 3.53. The van der Waals surface area contributed by atoms with E-state index in [1.54, 1.807) is 13.0 Å². The number of hydrogen-bond acceptors (Lipinski definition) is 7. The Kier molecular flexibility index (Phi) is 8.77. The number of fused-ring (bicyclic) bond motifs is 2. The van der Waals surface area contributed by atoms with Gasteiger partial charge in [-0.2, -0.15) is 5.06 Å². The van der Waals surface area contributed by atoms with Gasteiger partial charge in [0.1, 0.15) is 6.04 Å². The van der Waals surface area contributed by atoms with Gasteiger partial charge in [0, 0.05) is 6.54 Å². The van der Waals surface area contributed by atoms with Gasteiger partial charge < -0.3 is 15.0 Å². The van der Waals surface area contributed by atoms with Crippen LogP contribution < -0.4 is 10.5 Å². The lowest BCUT2D eigenvalue weighted by atomic mass is 10.00. The Morgan fingerprint density at radius 3 is 2.71 bits per heavy atom. The van der Waals surface area contributed by atoms with Gasteiger partial charge in [-0.1, -0.05) is 32.3 Å². The van der Waals surface area contributed by atoms with Gasteiger partial charge in [-0.05, 0) is 18.9 Å². The highest BCUT2D eigenvalue weighted by atomic mass is 32.2. The number of sulfonamides is 1. The van der Waals surface area contributed by atoms with Crippen LogP contribution in [0.4, 0.5) is 9.18 Å². The Hall–Kier alpha value is -2.25. The molecular weight excluding hydrogens is 435 g/mol. The average Bonchev–Trinajstić information content (AvgIpc) is 2.91. The maximum absolute atomic E-state index is 14.2. The molecule has 3 amide bonds. The molecule has 176 valence electrons. The molecule has 13 heteroatoms. The molecule has 2 heterocycles. The van der Waals surface area contributed by atoms with E-state index < -0.39 is 52.1 Å². The lowest BCUT2D eigenvalue weighted by Crippen LogP contribution is -2.50. The van der Waals surface area contributed by atoms with Crippen LogP contribution in [0.5, 0.6) is 0 Å². The van der Waals surface area contributed by atoms with Crippen LogP contribution in [0, 0.1) is 0 Å². The van der Waals surface area contributed by atoms with Gasteiger partial charge in [-0.15, -0.1) is 0 Å². The lowest BCUT2D eigenvalue weighted by molar-refractivity contribution is -0.223. The Morgan fingerprint density at radius 2 is 2.06 bits per heavy atom. The summed E-state index contributed by atoms with van der Waals surface area (Å²) < 4.78 is 41.0. The molecule has 1 saturated heterocycles. The molecule has 0 aromatic rings. The zero-order valence-corrected chi connectivity index (χ0v) is 18.4. The number of hydroxylamine groups is 2. The van der Waals surface area contributed by atoms with Crippen LogP contribution >= 0.6 is 0 Å². The summed E-state index contributed by atoms with van der Waals surface area (Å²) in [7, 11) is -3.75. The van der Waals surface area contributed by atoms with E-state index in [-0.39, 0.29) is 19.7 Å². The second-order valence-corrected chi connectivity index (χ2v) is 9.18. The van der Waals surface area contributed by atoms with E-state index in [4.69, 9.17) is 14.7 Å². The predicted octanol–water partition coefficient (Wildman–Crippen LogP) is 0.177. The van der Waals surface area contributed by atoms with Crippen LogP contribution in [-0.2, 0) is 29.2 Å². The maximum atomic E-state index is 14.2. The molecule has 0 aliphatic carbocycles. The number of urea groups is 1. The molecule has 2 aliphatic heterocycles. The number of primary sulfonamides is 1. The quantitative estimate of drug-likeness (QED) is 0.238. The van der Waals surface area contributed by atoms with E-state index in [0.29, 0.717) is 17.1 Å². The number of rotatable bonds is 12. The Bertz CT molecular complexity index is 820. The standard InChI is InChI=1S/C18H29FN4O7S/c1-3-4-5-6-8-29-17(25)15(19)30-23-13-10-12(2)14(22(11-13)18(23)26)16(24)21-7-9-31(20,27)28/h10,13-15H,3-9,11H2,1-2H3,(H,21,24)(H2,20,27,28)/t13-,14+,15-/m1/s1. The van der Waals surface area contributed by atoms with Crippen molar-refractivity contribution in [1.29, 1.82) is 0 Å². The number of nitrogens with one attached hydrogen (secondary N) is 1. The molecule has 1 fully saturated rings. The fraction of sp³-hybridized carbons (Fsp3) is 0.722. The predicted molar refractivity (Wildman–Crippen MR) is 107 cm³/mol. The zero-order valence-electron chi connectivity index (χ0n) is 17.6. The van der Waals surface area contributed by atoms with Crippen LogP contribution in [0.25, 0.3) is 0 Å². The first-order chi connectivity index (χ1) is 14.5. The number of carbonyl (C=O) groups is 3. The minimum Gasteiger partial charge on any atom is -0.462 e. The van der Waals surface area contributed by atoms with Crippen molar-refractivity contribution < 1.29 is 36.8 Å². The summed E-state index contributed by atoms with van der Waals surface area (Å²) >= 11 is 0. The molecule has 3 atom stereocenters. The number of carbonyl (C=O) groups excluding carboxylic acids is 3. The summed E-state index contributed by atoms with van der Waals surface area (Å²) in [6.07, 6.45) is 2.54. The third kappa shape index (κ3) is 6.87. The second kappa shape index (κ2) is 10.9. The molecule has 0 spiro atoms. The fourth-order valence-electron chi connectivity index (χ4n) is 3.39. The molecule has 0 saturated carbocycles. The van der Waals surface area contributed by atoms with Gasteiger partial charge in [0.05, 0.1) is 24.9 Å². The first kappa shape index (κ1) is 25.0. The largest absolute Gasteiger partial charge is 0.462 e. The first-order valence-corrected chi connectivity index (χ1v) is 11.8. The summed E-state index contributed by atoms with van der Waals surface area (Å²) in [5.41, 5.74) is 0.498. The molecule has 0 aromatic heterocycles. The number of nitrogens with zero attached hydrogens (tertiary/aromatic N) is 2. The number of halogens is 1. The van der Waals surface area contributed by atoms with E-state index in [0.717, 1.165) is 24.2 Å². The van der Waals surface area contributed by atoms with Gasteiger partial charge >= 0.3 is 18.4 Å². The zero-order chi connectivity index (χ0) is 23.2. The van der Waals surface area contributed by atoms with Crippen molar-refractivity contribution in [2.45, 2.75) is 58.0 Å². The minimum absolute atomic E-state index is 0.0439. The maximum Gasteiger partial charge on any atom is 0.371 e. The highest BCUT2D eigenvalue weighted by molar-refractivity contribution is 7.89. The number of esters is 1. The number of ether oxygens (including phenoxy) is 1. The van der Waals surface area contributed by atoms with Crippen LogP contribution in [0.3, 0.4) is 0 Å². The molecule has 0 unspecified atom stereocenters. The van der Waals surface area contributed by atoms with Gasteiger partial charge in [0.2, 0.25) is 15.9 Å². The number of hydrogen-bond donors (Lipinski definition) is 2. The molecule has 2 rings (SSSR count). The van der Waals surface area contributed by atoms with E-state index in [1.807, 2.05) is 6.92 Å². The lowest BCUT2D eigenvalue weighted by Gasteiger charge is -2.29.